The fourth-order valence-electron chi connectivity index (χ4n) is 3.17. The summed E-state index contributed by atoms with van der Waals surface area (Å²) in [6.07, 6.45) is 1.33. The van der Waals surface area contributed by atoms with Gasteiger partial charge in [0.25, 0.3) is 11.6 Å². The fraction of sp³-hybridized carbons (Fsp3) is 0.0870. The molecule has 1 N–H and O–H groups in total. The summed E-state index contributed by atoms with van der Waals surface area (Å²) in [5.41, 5.74) is 5.65. The summed E-state index contributed by atoms with van der Waals surface area (Å²) >= 11 is 7.12. The molecule has 0 atom stereocenters. The number of benzene rings is 3. The molecule has 8 nitrogen and oxygen atoms in total. The van der Waals surface area contributed by atoms with Crippen molar-refractivity contribution in [2.75, 3.05) is 5.75 Å². The summed E-state index contributed by atoms with van der Waals surface area (Å²) in [6.45, 7) is 0.638. The average molecular weight is 480 g/mol. The van der Waals surface area contributed by atoms with Gasteiger partial charge in [-0.2, -0.15) is 5.10 Å². The third-order valence-corrected chi connectivity index (χ3v) is 6.00. The molecule has 1 aromatic heterocycles. The van der Waals surface area contributed by atoms with Crippen molar-refractivity contribution in [2.24, 2.45) is 5.10 Å². The average Bonchev–Trinajstić information content (AvgIpc) is 3.16. The molecule has 3 aromatic carbocycles. The molecule has 0 saturated carbocycles. The number of nitro benzene ring substituents is 1. The monoisotopic (exact) mass is 479 g/mol. The molecular formula is C23H18ClN5O3S. The Morgan fingerprint density at radius 2 is 1.91 bits per heavy atom. The van der Waals surface area contributed by atoms with Crippen molar-refractivity contribution in [3.63, 3.8) is 0 Å². The van der Waals surface area contributed by atoms with Crippen LogP contribution in [-0.2, 0) is 11.3 Å². The second-order valence-electron chi connectivity index (χ2n) is 7.00. The van der Waals surface area contributed by atoms with Crippen LogP contribution in [0.5, 0.6) is 0 Å². The second kappa shape index (κ2) is 10.3. The number of nitro groups is 1. The van der Waals surface area contributed by atoms with Gasteiger partial charge in [-0.05, 0) is 23.8 Å². The first-order chi connectivity index (χ1) is 16.0. The number of fused-ring (bicyclic) bond motifs is 1. The lowest BCUT2D eigenvalue weighted by atomic mass is 10.2. The topological polar surface area (TPSA) is 102 Å². The molecule has 4 aromatic rings. The van der Waals surface area contributed by atoms with E-state index in [4.69, 9.17) is 11.6 Å². The number of carbonyl (C=O) groups excluding carboxylic acids is 1. The number of imidazole rings is 1. The maximum Gasteiger partial charge on any atom is 0.288 e. The van der Waals surface area contributed by atoms with E-state index in [1.807, 2.05) is 54.6 Å². The first-order valence-electron chi connectivity index (χ1n) is 9.89. The van der Waals surface area contributed by atoms with Gasteiger partial charge in [0.15, 0.2) is 5.16 Å². The summed E-state index contributed by atoms with van der Waals surface area (Å²) in [6, 6.07) is 22.2. The molecule has 33 heavy (non-hydrogen) atoms. The number of halogens is 1. The van der Waals surface area contributed by atoms with Crippen molar-refractivity contribution in [3.8, 4) is 0 Å². The summed E-state index contributed by atoms with van der Waals surface area (Å²) in [7, 11) is 0. The maximum absolute atomic E-state index is 12.3. The summed E-state index contributed by atoms with van der Waals surface area (Å²) in [5, 5.41) is 15.6. The normalized spacial score (nSPS) is 11.2. The van der Waals surface area contributed by atoms with Crippen LogP contribution < -0.4 is 5.43 Å². The molecule has 10 heteroatoms. The Labute approximate surface area is 198 Å². The van der Waals surface area contributed by atoms with Gasteiger partial charge in [-0.1, -0.05) is 71.9 Å². The van der Waals surface area contributed by atoms with Gasteiger partial charge in [0.05, 0.1) is 34.5 Å². The van der Waals surface area contributed by atoms with Crippen LogP contribution in [0.2, 0.25) is 5.02 Å². The lowest BCUT2D eigenvalue weighted by molar-refractivity contribution is -0.384. The van der Waals surface area contributed by atoms with Gasteiger partial charge in [-0.15, -0.1) is 0 Å². The summed E-state index contributed by atoms with van der Waals surface area (Å²) in [5.74, 6) is -0.214. The predicted octanol–water partition coefficient (Wildman–Crippen LogP) is 4.89. The SMILES string of the molecule is O=C(CSc1nc2ccccc2n1Cc1ccccc1)NN=Cc1ccc(Cl)c([N+](=O)[O-])c1. The highest BCUT2D eigenvalue weighted by Gasteiger charge is 2.14. The minimum atomic E-state index is -0.573. The number of hydrogen-bond acceptors (Lipinski definition) is 6. The Kier molecular flexibility index (Phi) is 7.01. The highest BCUT2D eigenvalue weighted by atomic mass is 35.5. The molecule has 0 unspecified atom stereocenters. The number of aromatic nitrogens is 2. The Bertz CT molecular complexity index is 1340. The highest BCUT2D eigenvalue weighted by Crippen LogP contribution is 2.26. The van der Waals surface area contributed by atoms with Crippen molar-refractivity contribution >= 4 is 52.2 Å². The van der Waals surface area contributed by atoms with Gasteiger partial charge < -0.3 is 4.57 Å². The smallest absolute Gasteiger partial charge is 0.288 e. The predicted molar refractivity (Wildman–Crippen MR) is 130 cm³/mol. The first kappa shape index (κ1) is 22.5. The molecule has 0 aliphatic carbocycles. The highest BCUT2D eigenvalue weighted by molar-refractivity contribution is 7.99. The molecule has 1 amide bonds. The van der Waals surface area contributed by atoms with Crippen molar-refractivity contribution in [2.45, 2.75) is 11.7 Å². The van der Waals surface area contributed by atoms with E-state index in [2.05, 4.69) is 20.1 Å². The largest absolute Gasteiger partial charge is 0.314 e. The quantitative estimate of drug-likeness (QED) is 0.168. The number of nitrogens with zero attached hydrogens (tertiary/aromatic N) is 4. The zero-order chi connectivity index (χ0) is 23.2. The van der Waals surface area contributed by atoms with Crippen molar-refractivity contribution in [1.82, 2.24) is 15.0 Å². The van der Waals surface area contributed by atoms with Crippen molar-refractivity contribution in [3.05, 3.63) is 99.1 Å². The maximum atomic E-state index is 12.3. The Morgan fingerprint density at radius 1 is 1.15 bits per heavy atom. The van der Waals surface area contributed by atoms with Gasteiger partial charge in [0.1, 0.15) is 5.02 Å². The lowest BCUT2D eigenvalue weighted by Gasteiger charge is -2.09. The van der Waals surface area contributed by atoms with Crippen LogP contribution >= 0.6 is 23.4 Å². The van der Waals surface area contributed by atoms with E-state index in [-0.39, 0.29) is 22.4 Å². The third-order valence-electron chi connectivity index (χ3n) is 4.71. The number of rotatable bonds is 8. The van der Waals surface area contributed by atoms with E-state index >= 15 is 0 Å². The minimum Gasteiger partial charge on any atom is -0.314 e. The van der Waals surface area contributed by atoms with E-state index in [9.17, 15) is 14.9 Å². The van der Waals surface area contributed by atoms with Gasteiger partial charge in [0, 0.05) is 11.6 Å². The van der Waals surface area contributed by atoms with Crippen LogP contribution in [0.3, 0.4) is 0 Å². The van der Waals surface area contributed by atoms with Crippen LogP contribution in [0, 0.1) is 10.1 Å². The van der Waals surface area contributed by atoms with Gasteiger partial charge in [-0.3, -0.25) is 14.9 Å². The summed E-state index contributed by atoms with van der Waals surface area (Å²) in [4.78, 5) is 27.4. The van der Waals surface area contributed by atoms with E-state index in [0.717, 1.165) is 21.8 Å². The van der Waals surface area contributed by atoms with Crippen LogP contribution in [0.4, 0.5) is 5.69 Å². The minimum absolute atomic E-state index is 0.0379. The van der Waals surface area contributed by atoms with Gasteiger partial charge in [0.2, 0.25) is 0 Å². The molecule has 1 heterocycles. The second-order valence-corrected chi connectivity index (χ2v) is 8.35. The van der Waals surface area contributed by atoms with Crippen molar-refractivity contribution < 1.29 is 9.72 Å². The van der Waals surface area contributed by atoms with E-state index in [1.54, 1.807) is 6.07 Å². The van der Waals surface area contributed by atoms with E-state index in [0.29, 0.717) is 12.1 Å². The van der Waals surface area contributed by atoms with Gasteiger partial charge in [-0.25, -0.2) is 10.4 Å². The lowest BCUT2D eigenvalue weighted by Crippen LogP contribution is -2.20. The zero-order valence-electron chi connectivity index (χ0n) is 17.2. The van der Waals surface area contributed by atoms with Crippen LogP contribution in [-0.4, -0.2) is 32.3 Å². The standard InChI is InChI=1S/C23H18ClN5O3S/c24-18-11-10-17(12-21(18)29(31)32)13-25-27-22(30)15-33-23-26-19-8-4-5-9-20(19)28(23)14-16-6-2-1-3-7-16/h1-13H,14-15H2,(H,27,30). The molecule has 4 rings (SSSR count). The number of nitrogens with one attached hydrogen (secondary N) is 1. The van der Waals surface area contributed by atoms with E-state index < -0.39 is 4.92 Å². The summed E-state index contributed by atoms with van der Waals surface area (Å²) < 4.78 is 2.08. The Balaban J connectivity index is 1.43. The number of amides is 1. The molecular weight excluding hydrogens is 462 g/mol. The number of carbonyl (C=O) groups is 1. The molecule has 0 radical (unpaired) electrons. The molecule has 0 spiro atoms. The number of para-hydroxylation sites is 2. The molecule has 166 valence electrons. The van der Waals surface area contributed by atoms with Crippen LogP contribution in [0.15, 0.2) is 83.1 Å². The third kappa shape index (κ3) is 5.57. The molecule has 0 aliphatic heterocycles. The fourth-order valence-corrected chi connectivity index (χ4v) is 4.17. The molecule has 0 saturated heterocycles. The zero-order valence-corrected chi connectivity index (χ0v) is 18.8. The van der Waals surface area contributed by atoms with Crippen LogP contribution in [0.25, 0.3) is 11.0 Å². The first-order valence-corrected chi connectivity index (χ1v) is 11.3. The Morgan fingerprint density at radius 3 is 2.70 bits per heavy atom. The number of thioether (sulfide) groups is 1. The molecule has 0 bridgehead atoms. The van der Waals surface area contributed by atoms with Crippen LogP contribution in [0.1, 0.15) is 11.1 Å². The molecule has 0 aliphatic rings. The Hall–Kier alpha value is -3.69. The van der Waals surface area contributed by atoms with Gasteiger partial charge >= 0.3 is 0 Å². The number of hydrazone groups is 1. The number of hydrogen-bond donors (Lipinski definition) is 1. The van der Waals surface area contributed by atoms with Crippen molar-refractivity contribution in [1.29, 1.82) is 0 Å². The van der Waals surface area contributed by atoms with E-state index in [1.165, 1.54) is 30.1 Å². The molecule has 0 fully saturated rings.